The number of thioether (sulfide) groups is 1. The van der Waals surface area contributed by atoms with Gasteiger partial charge in [0.2, 0.25) is 5.91 Å². The Hall–Kier alpha value is -2.48. The van der Waals surface area contributed by atoms with Crippen LogP contribution >= 0.6 is 11.8 Å². The second-order valence-corrected chi connectivity index (χ2v) is 7.23. The molecule has 0 aliphatic heterocycles. The first kappa shape index (κ1) is 21.8. The fraction of sp³-hybridized carbons (Fsp3) is 0.300. The Morgan fingerprint density at radius 2 is 1.79 bits per heavy atom. The summed E-state index contributed by atoms with van der Waals surface area (Å²) in [5.74, 6) is -0.367. The van der Waals surface area contributed by atoms with Crippen LogP contribution in [0, 0.1) is 6.92 Å². The van der Waals surface area contributed by atoms with Gasteiger partial charge in [-0.2, -0.15) is 24.9 Å². The van der Waals surface area contributed by atoms with Crippen LogP contribution in [-0.4, -0.2) is 29.9 Å². The molecule has 0 aliphatic rings. The van der Waals surface area contributed by atoms with Crippen LogP contribution in [0.3, 0.4) is 0 Å². The van der Waals surface area contributed by atoms with Crippen LogP contribution in [-0.2, 0) is 11.0 Å². The van der Waals surface area contributed by atoms with Crippen molar-refractivity contribution in [2.45, 2.75) is 25.6 Å². The summed E-state index contributed by atoms with van der Waals surface area (Å²) in [5, 5.41) is 5.13. The number of benzene rings is 2. The van der Waals surface area contributed by atoms with E-state index in [-0.39, 0.29) is 5.69 Å². The summed E-state index contributed by atoms with van der Waals surface area (Å²) in [6, 6.07) is 10.4. The van der Waals surface area contributed by atoms with Crippen LogP contribution in [0.2, 0.25) is 0 Å². The maximum Gasteiger partial charge on any atom is 0.416 e. The van der Waals surface area contributed by atoms with E-state index in [9.17, 15) is 22.8 Å². The van der Waals surface area contributed by atoms with E-state index in [1.165, 1.54) is 23.9 Å². The number of alkyl halides is 3. The monoisotopic (exact) mass is 410 g/mol. The minimum absolute atomic E-state index is 0.0264. The highest BCUT2D eigenvalue weighted by molar-refractivity contribution is 7.98. The third-order valence-electron chi connectivity index (χ3n) is 4.00. The number of rotatable bonds is 7. The molecule has 4 nitrogen and oxygen atoms in total. The van der Waals surface area contributed by atoms with Gasteiger partial charge in [0.25, 0.3) is 5.91 Å². The minimum atomic E-state index is -4.50. The quantitative estimate of drug-likeness (QED) is 0.706. The summed E-state index contributed by atoms with van der Waals surface area (Å²) in [7, 11) is 0. The molecule has 0 fully saturated rings. The number of carbonyl (C=O) groups excluding carboxylic acids is 2. The van der Waals surface area contributed by atoms with Crippen LogP contribution in [0.25, 0.3) is 0 Å². The lowest BCUT2D eigenvalue weighted by Gasteiger charge is -2.19. The van der Waals surface area contributed by atoms with Gasteiger partial charge in [-0.05, 0) is 55.7 Å². The number of hydrogen-bond acceptors (Lipinski definition) is 3. The van der Waals surface area contributed by atoms with E-state index in [0.29, 0.717) is 17.7 Å². The van der Waals surface area contributed by atoms with Gasteiger partial charge in [-0.1, -0.05) is 23.8 Å². The van der Waals surface area contributed by atoms with Gasteiger partial charge in [-0.25, -0.2) is 0 Å². The van der Waals surface area contributed by atoms with Gasteiger partial charge in [-0.3, -0.25) is 9.59 Å². The van der Waals surface area contributed by atoms with Crippen LogP contribution in [0.1, 0.15) is 27.9 Å². The van der Waals surface area contributed by atoms with E-state index < -0.39 is 29.6 Å². The molecular formula is C20H21F3N2O2S. The van der Waals surface area contributed by atoms with Crippen molar-refractivity contribution in [3.8, 4) is 0 Å². The third kappa shape index (κ3) is 6.30. The molecule has 2 rings (SSSR count). The predicted molar refractivity (Wildman–Crippen MR) is 106 cm³/mol. The smallest absolute Gasteiger partial charge is 0.340 e. The standard InChI is InChI=1S/C20H21F3N2O2S/c1-13-6-8-14(9-7-13)18(26)25-17(10-11-28-2)19(27)24-16-5-3-4-15(12-16)20(21,22)23/h3-9,12,17H,10-11H2,1-2H3,(H,24,27)(H,25,26)/t17-/m1/s1. The second kappa shape index (κ2) is 9.64. The van der Waals surface area contributed by atoms with E-state index in [1.54, 1.807) is 24.3 Å². The van der Waals surface area contributed by atoms with Crippen molar-refractivity contribution in [1.29, 1.82) is 0 Å². The third-order valence-corrected chi connectivity index (χ3v) is 4.65. The molecule has 2 aromatic rings. The predicted octanol–water partition coefficient (Wildman–Crippen LogP) is 4.50. The lowest BCUT2D eigenvalue weighted by molar-refractivity contribution is -0.137. The van der Waals surface area contributed by atoms with E-state index >= 15 is 0 Å². The number of nitrogens with one attached hydrogen (secondary N) is 2. The highest BCUT2D eigenvalue weighted by Gasteiger charge is 2.30. The largest absolute Gasteiger partial charge is 0.416 e. The normalized spacial score (nSPS) is 12.3. The zero-order valence-electron chi connectivity index (χ0n) is 15.5. The molecule has 28 heavy (non-hydrogen) atoms. The van der Waals surface area contributed by atoms with E-state index in [4.69, 9.17) is 0 Å². The summed E-state index contributed by atoms with van der Waals surface area (Å²) < 4.78 is 38.5. The molecule has 0 bridgehead atoms. The summed E-state index contributed by atoms with van der Waals surface area (Å²) in [4.78, 5) is 25.0. The molecule has 2 N–H and O–H groups in total. The van der Waals surface area contributed by atoms with E-state index in [0.717, 1.165) is 17.7 Å². The van der Waals surface area contributed by atoms with Gasteiger partial charge >= 0.3 is 6.18 Å². The molecule has 0 aromatic heterocycles. The lowest BCUT2D eigenvalue weighted by Crippen LogP contribution is -2.44. The average Bonchev–Trinajstić information content (AvgIpc) is 2.65. The molecule has 0 spiro atoms. The Kier molecular flexibility index (Phi) is 7.51. The van der Waals surface area contributed by atoms with Crippen LogP contribution in [0.5, 0.6) is 0 Å². The molecule has 1 atom stereocenters. The first-order valence-corrected chi connectivity index (χ1v) is 9.94. The lowest BCUT2D eigenvalue weighted by atomic mass is 10.1. The zero-order valence-corrected chi connectivity index (χ0v) is 16.3. The number of halogens is 3. The van der Waals surface area contributed by atoms with Gasteiger partial charge in [0, 0.05) is 11.3 Å². The van der Waals surface area contributed by atoms with Crippen molar-refractivity contribution in [2.75, 3.05) is 17.3 Å². The Bertz CT molecular complexity index is 823. The molecule has 2 aromatic carbocycles. The molecule has 0 unspecified atom stereocenters. The number of hydrogen-bond donors (Lipinski definition) is 2. The molecule has 0 saturated heterocycles. The van der Waals surface area contributed by atoms with Crippen LogP contribution < -0.4 is 10.6 Å². The van der Waals surface area contributed by atoms with E-state index in [2.05, 4.69) is 10.6 Å². The van der Waals surface area contributed by atoms with Crippen molar-refractivity contribution in [3.63, 3.8) is 0 Å². The SMILES string of the molecule is CSCC[C@@H](NC(=O)c1ccc(C)cc1)C(=O)Nc1cccc(C(F)(F)F)c1. The maximum absolute atomic E-state index is 12.8. The molecule has 2 amide bonds. The summed E-state index contributed by atoms with van der Waals surface area (Å²) in [6.45, 7) is 1.89. The first-order valence-electron chi connectivity index (χ1n) is 8.55. The Balaban J connectivity index is 2.12. The van der Waals surface area contributed by atoms with Crippen molar-refractivity contribution in [1.82, 2.24) is 5.32 Å². The Morgan fingerprint density at radius 3 is 2.39 bits per heavy atom. The van der Waals surface area contributed by atoms with E-state index in [1.807, 2.05) is 13.2 Å². The van der Waals surface area contributed by atoms with Crippen molar-refractivity contribution < 1.29 is 22.8 Å². The number of carbonyl (C=O) groups is 2. The molecular weight excluding hydrogens is 389 g/mol. The summed E-state index contributed by atoms with van der Waals surface area (Å²) in [5.41, 5.74) is 0.581. The Morgan fingerprint density at radius 1 is 1.11 bits per heavy atom. The summed E-state index contributed by atoms with van der Waals surface area (Å²) in [6.07, 6.45) is -2.29. The number of anilines is 1. The molecule has 0 heterocycles. The second-order valence-electron chi connectivity index (χ2n) is 6.24. The van der Waals surface area contributed by atoms with Crippen LogP contribution in [0.4, 0.5) is 18.9 Å². The maximum atomic E-state index is 12.8. The zero-order chi connectivity index (χ0) is 20.7. The van der Waals surface area contributed by atoms with Gasteiger partial charge in [0.1, 0.15) is 6.04 Å². The first-order chi connectivity index (χ1) is 13.2. The number of aryl methyl sites for hydroxylation is 1. The van der Waals surface area contributed by atoms with Gasteiger partial charge in [0.15, 0.2) is 0 Å². The molecule has 0 radical (unpaired) electrons. The minimum Gasteiger partial charge on any atom is -0.340 e. The fourth-order valence-electron chi connectivity index (χ4n) is 2.45. The highest BCUT2D eigenvalue weighted by atomic mass is 32.2. The highest BCUT2D eigenvalue weighted by Crippen LogP contribution is 2.30. The number of amides is 2. The topological polar surface area (TPSA) is 58.2 Å². The molecule has 0 aliphatic carbocycles. The summed E-state index contributed by atoms with van der Waals surface area (Å²) >= 11 is 1.50. The van der Waals surface area contributed by atoms with Gasteiger partial charge in [-0.15, -0.1) is 0 Å². The van der Waals surface area contributed by atoms with Gasteiger partial charge in [0.05, 0.1) is 5.56 Å². The average molecular weight is 410 g/mol. The Labute approximate surface area is 165 Å². The molecule has 150 valence electrons. The molecule has 0 saturated carbocycles. The van der Waals surface area contributed by atoms with Crippen molar-refractivity contribution in [3.05, 3.63) is 65.2 Å². The van der Waals surface area contributed by atoms with Crippen molar-refractivity contribution >= 4 is 29.3 Å². The molecule has 8 heteroatoms. The van der Waals surface area contributed by atoms with Crippen molar-refractivity contribution in [2.24, 2.45) is 0 Å². The fourth-order valence-corrected chi connectivity index (χ4v) is 2.93. The van der Waals surface area contributed by atoms with Crippen LogP contribution in [0.15, 0.2) is 48.5 Å². The van der Waals surface area contributed by atoms with Gasteiger partial charge < -0.3 is 10.6 Å².